The molecule has 0 saturated heterocycles. The lowest BCUT2D eigenvalue weighted by Gasteiger charge is -2.12. The summed E-state index contributed by atoms with van der Waals surface area (Å²) >= 11 is 7.38. The van der Waals surface area contributed by atoms with Crippen molar-refractivity contribution in [2.75, 3.05) is 19.0 Å². The Bertz CT molecular complexity index is 931. The van der Waals surface area contributed by atoms with Gasteiger partial charge in [-0.15, -0.1) is 11.3 Å². The van der Waals surface area contributed by atoms with Crippen molar-refractivity contribution in [1.29, 1.82) is 0 Å². The maximum atomic E-state index is 12.2. The molecule has 140 valence electrons. The number of carbonyl (C=O) groups excluding carboxylic acids is 1. The van der Waals surface area contributed by atoms with E-state index in [9.17, 15) is 4.79 Å². The molecule has 2 aromatic carbocycles. The van der Waals surface area contributed by atoms with Crippen molar-refractivity contribution in [2.24, 2.45) is 0 Å². The predicted octanol–water partition coefficient (Wildman–Crippen LogP) is 5.11. The number of benzene rings is 2. The Hall–Kier alpha value is -2.57. The Labute approximate surface area is 166 Å². The predicted molar refractivity (Wildman–Crippen MR) is 109 cm³/mol. The minimum Gasteiger partial charge on any atom is -0.497 e. The topological polar surface area (TPSA) is 60.5 Å². The maximum Gasteiger partial charge on any atom is 0.264 e. The molecule has 1 N–H and O–H groups in total. The minimum absolute atomic E-state index is 0.0965. The number of hydrogen-bond donors (Lipinski definition) is 1. The summed E-state index contributed by atoms with van der Waals surface area (Å²) in [6, 6.07) is 11.2. The summed E-state index contributed by atoms with van der Waals surface area (Å²) in [7, 11) is 1.63. The molecule has 0 bridgehead atoms. The van der Waals surface area contributed by atoms with Gasteiger partial charge in [0.2, 0.25) is 0 Å². The van der Waals surface area contributed by atoms with E-state index in [1.807, 2.05) is 55.6 Å². The van der Waals surface area contributed by atoms with E-state index < -0.39 is 0 Å². The zero-order chi connectivity index (χ0) is 19.4. The van der Waals surface area contributed by atoms with Crippen LogP contribution in [-0.2, 0) is 4.79 Å². The first-order valence-corrected chi connectivity index (χ1v) is 9.51. The van der Waals surface area contributed by atoms with Crippen molar-refractivity contribution in [3.8, 4) is 22.8 Å². The molecule has 0 aliphatic heterocycles. The van der Waals surface area contributed by atoms with E-state index in [1.165, 1.54) is 11.3 Å². The molecular formula is C20H19ClN2O3S. The van der Waals surface area contributed by atoms with Gasteiger partial charge >= 0.3 is 0 Å². The van der Waals surface area contributed by atoms with Crippen LogP contribution in [-0.4, -0.2) is 24.6 Å². The van der Waals surface area contributed by atoms with Gasteiger partial charge in [-0.1, -0.05) is 11.6 Å². The fourth-order valence-corrected chi connectivity index (χ4v) is 3.71. The molecule has 0 spiro atoms. The number of rotatable bonds is 6. The fraction of sp³-hybridized carbons (Fsp3) is 0.200. The molecule has 27 heavy (non-hydrogen) atoms. The zero-order valence-corrected chi connectivity index (χ0v) is 16.8. The number of nitrogens with zero attached hydrogens (tertiary/aromatic N) is 1. The smallest absolute Gasteiger partial charge is 0.264 e. The molecule has 5 nitrogen and oxygen atoms in total. The van der Waals surface area contributed by atoms with Gasteiger partial charge in [0.05, 0.1) is 12.8 Å². The number of ether oxygens (including phenoxy) is 2. The summed E-state index contributed by atoms with van der Waals surface area (Å²) in [5.74, 6) is 1.19. The second-order valence-corrected chi connectivity index (χ2v) is 7.27. The summed E-state index contributed by atoms with van der Waals surface area (Å²) in [5, 5.41) is 5.84. The van der Waals surface area contributed by atoms with Gasteiger partial charge in [-0.3, -0.25) is 10.1 Å². The van der Waals surface area contributed by atoms with Crippen molar-refractivity contribution < 1.29 is 14.3 Å². The molecule has 7 heteroatoms. The number of halogens is 1. The molecule has 0 radical (unpaired) electrons. The molecular weight excluding hydrogens is 384 g/mol. The van der Waals surface area contributed by atoms with Crippen molar-refractivity contribution >= 4 is 34.0 Å². The molecule has 3 aromatic rings. The lowest BCUT2D eigenvalue weighted by molar-refractivity contribution is -0.118. The average molecular weight is 403 g/mol. The van der Waals surface area contributed by atoms with Gasteiger partial charge in [-0.05, 0) is 61.4 Å². The second kappa shape index (κ2) is 8.41. The highest BCUT2D eigenvalue weighted by Gasteiger charge is 2.11. The SMILES string of the molecule is COc1ccc(-c2csc(NC(=O)COc3c(C)cc(Cl)cc3C)n2)cc1. The lowest BCUT2D eigenvalue weighted by Crippen LogP contribution is -2.20. The van der Waals surface area contributed by atoms with E-state index in [-0.39, 0.29) is 12.5 Å². The van der Waals surface area contributed by atoms with Crippen molar-refractivity contribution in [2.45, 2.75) is 13.8 Å². The van der Waals surface area contributed by atoms with Crippen LogP contribution in [0.1, 0.15) is 11.1 Å². The van der Waals surface area contributed by atoms with E-state index in [2.05, 4.69) is 10.3 Å². The number of methoxy groups -OCH3 is 1. The molecule has 0 unspecified atom stereocenters. The maximum absolute atomic E-state index is 12.2. The Morgan fingerprint density at radius 2 is 1.85 bits per heavy atom. The monoisotopic (exact) mass is 402 g/mol. The third-order valence-electron chi connectivity index (χ3n) is 3.91. The van der Waals surface area contributed by atoms with Gasteiger partial charge in [0.1, 0.15) is 11.5 Å². The number of hydrogen-bond acceptors (Lipinski definition) is 5. The molecule has 1 aromatic heterocycles. The normalized spacial score (nSPS) is 10.5. The molecule has 0 saturated carbocycles. The third kappa shape index (κ3) is 4.78. The Balaban J connectivity index is 1.61. The summed E-state index contributed by atoms with van der Waals surface area (Å²) in [5.41, 5.74) is 3.53. The highest BCUT2D eigenvalue weighted by atomic mass is 35.5. The van der Waals surface area contributed by atoms with Gasteiger partial charge in [-0.2, -0.15) is 0 Å². The van der Waals surface area contributed by atoms with Crippen LogP contribution in [0.3, 0.4) is 0 Å². The van der Waals surface area contributed by atoms with Crippen LogP contribution in [0.4, 0.5) is 5.13 Å². The Morgan fingerprint density at radius 3 is 2.48 bits per heavy atom. The minimum atomic E-state index is -0.264. The number of nitrogens with one attached hydrogen (secondary N) is 1. The van der Waals surface area contributed by atoms with Gasteiger partial charge in [-0.25, -0.2) is 4.98 Å². The number of anilines is 1. The number of aryl methyl sites for hydroxylation is 2. The summed E-state index contributed by atoms with van der Waals surface area (Å²) < 4.78 is 10.8. The summed E-state index contributed by atoms with van der Waals surface area (Å²) in [6.07, 6.45) is 0. The fourth-order valence-electron chi connectivity index (χ4n) is 2.64. The zero-order valence-electron chi connectivity index (χ0n) is 15.2. The number of thiazole rings is 1. The van der Waals surface area contributed by atoms with Crippen molar-refractivity contribution in [3.63, 3.8) is 0 Å². The van der Waals surface area contributed by atoms with E-state index in [0.717, 1.165) is 28.1 Å². The Morgan fingerprint density at radius 1 is 1.19 bits per heavy atom. The van der Waals surface area contributed by atoms with Crippen LogP contribution in [0.15, 0.2) is 41.8 Å². The largest absolute Gasteiger partial charge is 0.497 e. The number of carbonyl (C=O) groups is 1. The quantitative estimate of drug-likeness (QED) is 0.622. The van der Waals surface area contributed by atoms with Gasteiger partial charge in [0, 0.05) is 16.0 Å². The first-order valence-electron chi connectivity index (χ1n) is 8.25. The van der Waals surface area contributed by atoms with E-state index in [1.54, 1.807) is 7.11 Å². The van der Waals surface area contributed by atoms with Gasteiger partial charge in [0.15, 0.2) is 11.7 Å². The highest BCUT2D eigenvalue weighted by Crippen LogP contribution is 2.28. The Kier molecular flexibility index (Phi) is 5.98. The van der Waals surface area contributed by atoms with Crippen LogP contribution in [0, 0.1) is 13.8 Å². The average Bonchev–Trinajstić information content (AvgIpc) is 3.09. The van der Waals surface area contributed by atoms with E-state index >= 15 is 0 Å². The van der Waals surface area contributed by atoms with Crippen LogP contribution in [0.25, 0.3) is 11.3 Å². The number of aromatic nitrogens is 1. The molecule has 0 aliphatic carbocycles. The van der Waals surface area contributed by atoms with E-state index in [4.69, 9.17) is 21.1 Å². The third-order valence-corrected chi connectivity index (χ3v) is 4.88. The molecule has 3 rings (SSSR count). The first-order chi connectivity index (χ1) is 13.0. The highest BCUT2D eigenvalue weighted by molar-refractivity contribution is 7.14. The summed E-state index contributed by atoms with van der Waals surface area (Å²) in [4.78, 5) is 16.6. The van der Waals surface area contributed by atoms with Gasteiger partial charge < -0.3 is 9.47 Å². The molecule has 0 fully saturated rings. The van der Waals surface area contributed by atoms with Crippen molar-refractivity contribution in [1.82, 2.24) is 4.98 Å². The van der Waals surface area contributed by atoms with Crippen LogP contribution in [0.2, 0.25) is 5.02 Å². The lowest BCUT2D eigenvalue weighted by atomic mass is 10.1. The molecule has 1 heterocycles. The van der Waals surface area contributed by atoms with Crippen LogP contribution in [0.5, 0.6) is 11.5 Å². The van der Waals surface area contributed by atoms with Crippen molar-refractivity contribution in [3.05, 3.63) is 57.9 Å². The van der Waals surface area contributed by atoms with Crippen LogP contribution < -0.4 is 14.8 Å². The molecule has 0 atom stereocenters. The molecule has 0 aliphatic rings. The van der Waals surface area contributed by atoms with E-state index in [0.29, 0.717) is 15.9 Å². The number of amides is 1. The second-order valence-electron chi connectivity index (χ2n) is 5.97. The molecule has 1 amide bonds. The summed E-state index contributed by atoms with van der Waals surface area (Å²) in [6.45, 7) is 3.70. The van der Waals surface area contributed by atoms with Gasteiger partial charge in [0.25, 0.3) is 5.91 Å². The van der Waals surface area contributed by atoms with Crippen LogP contribution >= 0.6 is 22.9 Å². The standard InChI is InChI=1S/C20H19ClN2O3S/c1-12-8-15(21)9-13(2)19(12)26-10-18(24)23-20-22-17(11-27-20)14-4-6-16(25-3)7-5-14/h4-9,11H,10H2,1-3H3,(H,22,23,24). The first kappa shape index (κ1) is 19.2.